The molecule has 1 aromatic carbocycles. The number of ether oxygens (including phenoxy) is 1. The van der Waals surface area contributed by atoms with Crippen molar-refractivity contribution >= 4 is 11.9 Å². The standard InChI is InChI=1S/C14H18O6/c1-8(15)7-20-9(2)6-10-4-3-5-11(13(16)17)12(10)14(18)19/h3-5,8-9,15H,6-7H2,1-2H3,(H,16,17)(H,18,19). The Bertz CT molecular complexity index is 494. The largest absolute Gasteiger partial charge is 0.478 e. The van der Waals surface area contributed by atoms with Crippen LogP contribution in [0.15, 0.2) is 18.2 Å². The summed E-state index contributed by atoms with van der Waals surface area (Å²) in [6.45, 7) is 3.46. The maximum absolute atomic E-state index is 11.3. The first-order chi connectivity index (χ1) is 9.32. The molecule has 0 aliphatic heterocycles. The molecule has 0 fully saturated rings. The first-order valence-corrected chi connectivity index (χ1v) is 6.21. The zero-order valence-electron chi connectivity index (χ0n) is 11.4. The van der Waals surface area contributed by atoms with Gasteiger partial charge in [0.05, 0.1) is 29.9 Å². The summed E-state index contributed by atoms with van der Waals surface area (Å²) in [5, 5.41) is 27.3. The van der Waals surface area contributed by atoms with Gasteiger partial charge in [0.1, 0.15) is 0 Å². The number of benzene rings is 1. The summed E-state index contributed by atoms with van der Waals surface area (Å²) in [7, 11) is 0. The molecule has 1 aromatic rings. The molecule has 20 heavy (non-hydrogen) atoms. The summed E-state index contributed by atoms with van der Waals surface area (Å²) in [5.74, 6) is -2.55. The van der Waals surface area contributed by atoms with Crippen molar-refractivity contribution in [2.75, 3.05) is 6.61 Å². The number of aliphatic hydroxyl groups excluding tert-OH is 1. The highest BCUT2D eigenvalue weighted by Crippen LogP contribution is 2.18. The molecule has 0 bridgehead atoms. The zero-order valence-corrected chi connectivity index (χ0v) is 11.4. The highest BCUT2D eigenvalue weighted by atomic mass is 16.5. The van der Waals surface area contributed by atoms with E-state index >= 15 is 0 Å². The van der Waals surface area contributed by atoms with Gasteiger partial charge in [-0.3, -0.25) is 0 Å². The van der Waals surface area contributed by atoms with Crippen molar-refractivity contribution in [1.82, 2.24) is 0 Å². The van der Waals surface area contributed by atoms with Crippen LogP contribution < -0.4 is 0 Å². The van der Waals surface area contributed by atoms with Gasteiger partial charge in [0.2, 0.25) is 0 Å². The molecule has 0 radical (unpaired) electrons. The third-order valence-electron chi connectivity index (χ3n) is 2.72. The van der Waals surface area contributed by atoms with Crippen LogP contribution in [-0.4, -0.2) is 46.1 Å². The first kappa shape index (κ1) is 16.1. The number of carbonyl (C=O) groups is 2. The molecule has 6 heteroatoms. The highest BCUT2D eigenvalue weighted by molar-refractivity contribution is 6.02. The summed E-state index contributed by atoms with van der Waals surface area (Å²) < 4.78 is 5.35. The van der Waals surface area contributed by atoms with Crippen LogP contribution in [0.1, 0.15) is 40.1 Å². The molecule has 0 aliphatic rings. The predicted octanol–water partition coefficient (Wildman–Crippen LogP) is 1.41. The molecule has 2 atom stereocenters. The summed E-state index contributed by atoms with van der Waals surface area (Å²) in [6.07, 6.45) is -0.677. The van der Waals surface area contributed by atoms with Gasteiger partial charge < -0.3 is 20.1 Å². The number of hydrogen-bond acceptors (Lipinski definition) is 4. The lowest BCUT2D eigenvalue weighted by atomic mass is 9.97. The summed E-state index contributed by atoms with van der Waals surface area (Å²) in [4.78, 5) is 22.3. The summed E-state index contributed by atoms with van der Waals surface area (Å²) in [6, 6.07) is 4.33. The van der Waals surface area contributed by atoms with Crippen molar-refractivity contribution in [2.24, 2.45) is 0 Å². The van der Waals surface area contributed by atoms with Gasteiger partial charge in [-0.1, -0.05) is 12.1 Å². The van der Waals surface area contributed by atoms with E-state index in [0.717, 1.165) is 0 Å². The van der Waals surface area contributed by atoms with Crippen LogP contribution >= 0.6 is 0 Å². The maximum Gasteiger partial charge on any atom is 0.336 e. The van der Waals surface area contributed by atoms with Crippen LogP contribution in [0.3, 0.4) is 0 Å². The number of rotatable bonds is 7. The van der Waals surface area contributed by atoms with Crippen LogP contribution in [0, 0.1) is 0 Å². The third-order valence-corrected chi connectivity index (χ3v) is 2.72. The Labute approximate surface area is 116 Å². The zero-order chi connectivity index (χ0) is 15.3. The van der Waals surface area contributed by atoms with Gasteiger partial charge in [-0.2, -0.15) is 0 Å². The Morgan fingerprint density at radius 1 is 1.20 bits per heavy atom. The molecule has 0 heterocycles. The average Bonchev–Trinajstić information content (AvgIpc) is 2.35. The minimum atomic E-state index is -1.28. The van der Waals surface area contributed by atoms with Gasteiger partial charge in [-0.05, 0) is 31.9 Å². The first-order valence-electron chi connectivity index (χ1n) is 6.21. The number of hydrogen-bond donors (Lipinski definition) is 3. The third kappa shape index (κ3) is 4.32. The van der Waals surface area contributed by atoms with E-state index < -0.39 is 18.0 Å². The highest BCUT2D eigenvalue weighted by Gasteiger charge is 2.21. The quantitative estimate of drug-likeness (QED) is 0.698. The number of aromatic carboxylic acids is 2. The fourth-order valence-electron chi connectivity index (χ4n) is 1.87. The molecule has 3 N–H and O–H groups in total. The van der Waals surface area contributed by atoms with Crippen molar-refractivity contribution in [2.45, 2.75) is 32.5 Å². The van der Waals surface area contributed by atoms with Crippen LogP contribution in [0.25, 0.3) is 0 Å². The van der Waals surface area contributed by atoms with Crippen molar-refractivity contribution < 1.29 is 29.6 Å². The number of carboxylic acid groups (broad SMARTS) is 2. The van der Waals surface area contributed by atoms with Crippen molar-refractivity contribution in [3.05, 3.63) is 34.9 Å². The monoisotopic (exact) mass is 282 g/mol. The lowest BCUT2D eigenvalue weighted by molar-refractivity contribution is 0.00571. The van der Waals surface area contributed by atoms with Gasteiger partial charge in [0.25, 0.3) is 0 Å². The molecule has 2 unspecified atom stereocenters. The van der Waals surface area contributed by atoms with E-state index in [9.17, 15) is 14.7 Å². The Balaban J connectivity index is 2.97. The molecule has 0 spiro atoms. The second kappa shape index (κ2) is 7.02. The Kier molecular flexibility index (Phi) is 5.66. The van der Waals surface area contributed by atoms with Gasteiger partial charge in [-0.15, -0.1) is 0 Å². The van der Waals surface area contributed by atoms with E-state index in [4.69, 9.17) is 14.9 Å². The van der Waals surface area contributed by atoms with Crippen molar-refractivity contribution in [3.63, 3.8) is 0 Å². The van der Waals surface area contributed by atoms with Gasteiger partial charge in [-0.25, -0.2) is 9.59 Å². The van der Waals surface area contributed by atoms with Gasteiger partial charge in [0, 0.05) is 0 Å². The number of aliphatic hydroxyl groups is 1. The predicted molar refractivity (Wildman–Crippen MR) is 71.2 cm³/mol. The second-order valence-corrected chi connectivity index (χ2v) is 4.65. The normalized spacial score (nSPS) is 13.8. The van der Waals surface area contributed by atoms with E-state index in [1.807, 2.05) is 0 Å². The molecular formula is C14H18O6. The van der Waals surface area contributed by atoms with Crippen LogP contribution in [0.4, 0.5) is 0 Å². The molecule has 0 aromatic heterocycles. The second-order valence-electron chi connectivity index (χ2n) is 4.65. The molecule has 1 rings (SSSR count). The lowest BCUT2D eigenvalue weighted by Gasteiger charge is -2.16. The lowest BCUT2D eigenvalue weighted by Crippen LogP contribution is -2.21. The average molecular weight is 282 g/mol. The smallest absolute Gasteiger partial charge is 0.336 e. The summed E-state index contributed by atoms with van der Waals surface area (Å²) in [5.41, 5.74) is -0.0549. The SMILES string of the molecule is CC(O)COC(C)Cc1cccc(C(=O)O)c1C(=O)O. The van der Waals surface area contributed by atoms with Gasteiger partial charge in [0.15, 0.2) is 0 Å². The molecule has 0 saturated carbocycles. The van der Waals surface area contributed by atoms with Crippen LogP contribution in [0.2, 0.25) is 0 Å². The molecular weight excluding hydrogens is 264 g/mol. The number of carboxylic acids is 2. The van der Waals surface area contributed by atoms with E-state index in [1.54, 1.807) is 19.9 Å². The van der Waals surface area contributed by atoms with Crippen LogP contribution in [0.5, 0.6) is 0 Å². The maximum atomic E-state index is 11.3. The minimum Gasteiger partial charge on any atom is -0.478 e. The summed E-state index contributed by atoms with van der Waals surface area (Å²) >= 11 is 0. The fraction of sp³-hybridized carbons (Fsp3) is 0.429. The molecule has 6 nitrogen and oxygen atoms in total. The minimum absolute atomic E-state index is 0.141. The molecule has 0 aliphatic carbocycles. The van der Waals surface area contributed by atoms with E-state index in [1.165, 1.54) is 12.1 Å². The van der Waals surface area contributed by atoms with E-state index in [-0.39, 0.29) is 30.3 Å². The Morgan fingerprint density at radius 3 is 2.35 bits per heavy atom. The van der Waals surface area contributed by atoms with Crippen LogP contribution in [-0.2, 0) is 11.2 Å². The molecule has 0 saturated heterocycles. The molecule has 110 valence electrons. The Morgan fingerprint density at radius 2 is 1.85 bits per heavy atom. The van der Waals surface area contributed by atoms with Gasteiger partial charge >= 0.3 is 11.9 Å². The topological polar surface area (TPSA) is 104 Å². The van der Waals surface area contributed by atoms with E-state index in [2.05, 4.69) is 0 Å². The van der Waals surface area contributed by atoms with E-state index in [0.29, 0.717) is 5.56 Å². The fourth-order valence-corrected chi connectivity index (χ4v) is 1.87. The molecule has 0 amide bonds. The van der Waals surface area contributed by atoms with Crippen molar-refractivity contribution in [1.29, 1.82) is 0 Å². The Hall–Kier alpha value is -1.92. The van der Waals surface area contributed by atoms with Crippen molar-refractivity contribution in [3.8, 4) is 0 Å².